The Morgan fingerprint density at radius 3 is 2.19 bits per heavy atom. The normalized spacial score (nSPS) is 12.5. The average molecular weight is 776 g/mol. The summed E-state index contributed by atoms with van der Waals surface area (Å²) in [5.41, 5.74) is 1.63. The van der Waals surface area contributed by atoms with Crippen LogP contribution in [0.5, 0.6) is 5.75 Å². The summed E-state index contributed by atoms with van der Waals surface area (Å²) >= 11 is 16.1. The van der Waals surface area contributed by atoms with E-state index in [1.54, 1.807) is 54.6 Å². The summed E-state index contributed by atoms with van der Waals surface area (Å²) < 4.78 is 35.8. The van der Waals surface area contributed by atoms with Crippen LogP contribution >= 0.6 is 39.1 Å². The van der Waals surface area contributed by atoms with Crippen LogP contribution in [0.25, 0.3) is 0 Å². The van der Waals surface area contributed by atoms with Crippen LogP contribution in [-0.2, 0) is 32.6 Å². The number of amides is 2. The van der Waals surface area contributed by atoms with Crippen molar-refractivity contribution in [1.29, 1.82) is 0 Å². The van der Waals surface area contributed by atoms with Gasteiger partial charge in [-0.05, 0) is 92.1 Å². The van der Waals surface area contributed by atoms with E-state index in [4.69, 9.17) is 27.9 Å². The van der Waals surface area contributed by atoms with Gasteiger partial charge in [-0.2, -0.15) is 0 Å². The van der Waals surface area contributed by atoms with Crippen LogP contribution in [0, 0.1) is 0 Å². The summed E-state index contributed by atoms with van der Waals surface area (Å²) in [6, 6.07) is 25.8. The summed E-state index contributed by atoms with van der Waals surface area (Å²) in [7, 11) is -4.26. The molecular formula is C36H38BrCl2N3O5S. The lowest BCUT2D eigenvalue weighted by molar-refractivity contribution is -0.140. The zero-order chi connectivity index (χ0) is 34.8. The molecule has 0 heterocycles. The Labute approximate surface area is 301 Å². The molecule has 254 valence electrons. The number of halogens is 3. The fourth-order valence-corrected chi connectivity index (χ4v) is 7.11. The monoisotopic (exact) mass is 773 g/mol. The number of hydrogen-bond acceptors (Lipinski definition) is 5. The molecule has 0 saturated heterocycles. The minimum atomic E-state index is -4.26. The van der Waals surface area contributed by atoms with Crippen molar-refractivity contribution in [3.05, 3.63) is 123 Å². The summed E-state index contributed by atoms with van der Waals surface area (Å²) in [5.74, 6) is -0.414. The molecule has 0 spiro atoms. The molecule has 0 fully saturated rings. The lowest BCUT2D eigenvalue weighted by Crippen LogP contribution is -2.54. The Hall–Kier alpha value is -3.57. The third-order valence-electron chi connectivity index (χ3n) is 7.74. The van der Waals surface area contributed by atoms with Crippen molar-refractivity contribution in [2.45, 2.75) is 57.1 Å². The zero-order valence-corrected chi connectivity index (χ0v) is 30.8. The first-order chi connectivity index (χ1) is 22.9. The van der Waals surface area contributed by atoms with Gasteiger partial charge in [0.15, 0.2) is 0 Å². The number of carbonyl (C=O) groups is 2. The van der Waals surface area contributed by atoms with Gasteiger partial charge in [0.05, 0.1) is 17.2 Å². The second-order valence-electron chi connectivity index (χ2n) is 11.2. The van der Waals surface area contributed by atoms with Crippen LogP contribution in [0.3, 0.4) is 0 Å². The quantitative estimate of drug-likeness (QED) is 0.133. The lowest BCUT2D eigenvalue weighted by Gasteiger charge is -2.34. The molecule has 0 aliphatic heterocycles. The second-order valence-corrected chi connectivity index (χ2v) is 14.8. The summed E-state index contributed by atoms with van der Waals surface area (Å²) in [6.45, 7) is 5.45. The molecule has 2 atom stereocenters. The van der Waals surface area contributed by atoms with Gasteiger partial charge >= 0.3 is 0 Å². The van der Waals surface area contributed by atoms with Crippen LogP contribution in [0.15, 0.2) is 106 Å². The average Bonchev–Trinajstić information content (AvgIpc) is 3.07. The molecule has 0 unspecified atom stereocenters. The highest BCUT2D eigenvalue weighted by Gasteiger charge is 2.35. The maximum absolute atomic E-state index is 14.6. The van der Waals surface area contributed by atoms with Gasteiger partial charge < -0.3 is 15.0 Å². The number of rotatable bonds is 15. The number of anilines is 1. The molecule has 2 amide bonds. The van der Waals surface area contributed by atoms with Crippen LogP contribution in [0.1, 0.15) is 38.3 Å². The van der Waals surface area contributed by atoms with Crippen molar-refractivity contribution in [3.63, 3.8) is 0 Å². The van der Waals surface area contributed by atoms with Crippen LogP contribution < -0.4 is 14.4 Å². The first-order valence-corrected chi connectivity index (χ1v) is 18.5. The Morgan fingerprint density at radius 1 is 0.917 bits per heavy atom. The SMILES string of the molecule is CCOc1ccc(N(CC(=O)N(Cc2ccc(Cl)cc2Cl)[C@@H](Cc2ccccc2)C(=O)N[C@H](C)CC)S(=O)(=O)c2ccc(Br)cc2)cc1. The molecule has 0 saturated carbocycles. The van der Waals surface area contributed by atoms with Crippen LogP contribution in [0.2, 0.25) is 10.0 Å². The van der Waals surface area contributed by atoms with E-state index in [0.717, 1.165) is 9.87 Å². The van der Waals surface area contributed by atoms with Crippen LogP contribution in [0.4, 0.5) is 5.69 Å². The minimum absolute atomic E-state index is 0.00460. The number of benzene rings is 4. The van der Waals surface area contributed by atoms with Gasteiger partial charge in [-0.15, -0.1) is 0 Å². The van der Waals surface area contributed by atoms with E-state index in [2.05, 4.69) is 21.2 Å². The van der Waals surface area contributed by atoms with Crippen molar-refractivity contribution < 1.29 is 22.7 Å². The summed E-state index contributed by atoms with van der Waals surface area (Å²) in [4.78, 5) is 30.0. The van der Waals surface area contributed by atoms with E-state index in [-0.39, 0.29) is 35.5 Å². The molecule has 1 N–H and O–H groups in total. The molecule has 4 rings (SSSR count). The standard InChI is InChI=1S/C36H38BrCl2N3O5S/c1-4-25(3)40-36(44)34(21-26-9-7-6-8-10-26)41(23-27-11-14-29(38)22-33(27)39)35(43)24-42(30-15-17-31(18-16-30)47-5-2)48(45,46)32-19-12-28(37)13-20-32/h6-20,22,25,34H,4-5,21,23-24H2,1-3H3,(H,40,44)/t25-,34+/m1/s1. The Bertz CT molecular complexity index is 1790. The van der Waals surface area contributed by atoms with E-state index in [9.17, 15) is 18.0 Å². The predicted molar refractivity (Wildman–Crippen MR) is 195 cm³/mol. The van der Waals surface area contributed by atoms with Crippen LogP contribution in [-0.4, -0.2) is 50.4 Å². The van der Waals surface area contributed by atoms with Gasteiger partial charge in [-0.25, -0.2) is 8.42 Å². The van der Waals surface area contributed by atoms with Crippen molar-refractivity contribution in [2.75, 3.05) is 17.5 Å². The van der Waals surface area contributed by atoms with E-state index < -0.39 is 28.5 Å². The lowest BCUT2D eigenvalue weighted by atomic mass is 10.0. The molecule has 48 heavy (non-hydrogen) atoms. The number of hydrogen-bond donors (Lipinski definition) is 1. The Morgan fingerprint density at radius 2 is 1.58 bits per heavy atom. The highest BCUT2D eigenvalue weighted by molar-refractivity contribution is 9.10. The van der Waals surface area contributed by atoms with Crippen molar-refractivity contribution in [2.24, 2.45) is 0 Å². The second kappa shape index (κ2) is 17.2. The predicted octanol–water partition coefficient (Wildman–Crippen LogP) is 7.90. The van der Waals surface area contributed by atoms with Crippen molar-refractivity contribution >= 4 is 66.7 Å². The Kier molecular flexibility index (Phi) is 13.3. The molecule has 0 bridgehead atoms. The topological polar surface area (TPSA) is 96.0 Å². The van der Waals surface area contributed by atoms with E-state index >= 15 is 0 Å². The van der Waals surface area contributed by atoms with E-state index in [0.29, 0.717) is 38.9 Å². The smallest absolute Gasteiger partial charge is 0.264 e. The first kappa shape index (κ1) is 37.3. The first-order valence-electron chi connectivity index (χ1n) is 15.5. The van der Waals surface area contributed by atoms with Gasteiger partial charge in [0.1, 0.15) is 18.3 Å². The van der Waals surface area contributed by atoms with Gasteiger partial charge in [-0.3, -0.25) is 13.9 Å². The molecule has 4 aromatic carbocycles. The number of ether oxygens (including phenoxy) is 1. The van der Waals surface area contributed by atoms with Gasteiger partial charge in [-0.1, -0.05) is 82.5 Å². The van der Waals surface area contributed by atoms with E-state index in [1.807, 2.05) is 51.1 Å². The molecule has 0 aliphatic carbocycles. The van der Waals surface area contributed by atoms with Gasteiger partial charge in [0.25, 0.3) is 10.0 Å². The molecule has 8 nitrogen and oxygen atoms in total. The minimum Gasteiger partial charge on any atom is -0.494 e. The number of nitrogens with zero attached hydrogens (tertiary/aromatic N) is 2. The number of carbonyl (C=O) groups excluding carboxylic acids is 2. The van der Waals surface area contributed by atoms with Crippen molar-refractivity contribution in [1.82, 2.24) is 10.2 Å². The summed E-state index contributed by atoms with van der Waals surface area (Å²) in [6.07, 6.45) is 0.861. The largest absolute Gasteiger partial charge is 0.494 e. The summed E-state index contributed by atoms with van der Waals surface area (Å²) in [5, 5.41) is 3.75. The highest BCUT2D eigenvalue weighted by atomic mass is 79.9. The third-order valence-corrected chi connectivity index (χ3v) is 10.6. The molecule has 0 aromatic heterocycles. The fourth-order valence-electron chi connectivity index (χ4n) is 4.97. The third kappa shape index (κ3) is 9.75. The van der Waals surface area contributed by atoms with Gasteiger partial charge in [0, 0.05) is 33.5 Å². The maximum atomic E-state index is 14.6. The Balaban J connectivity index is 1.83. The van der Waals surface area contributed by atoms with Gasteiger partial charge in [0.2, 0.25) is 11.8 Å². The highest BCUT2D eigenvalue weighted by Crippen LogP contribution is 2.29. The van der Waals surface area contributed by atoms with Crippen molar-refractivity contribution in [3.8, 4) is 5.75 Å². The molecule has 0 aliphatic rings. The molecule has 12 heteroatoms. The van der Waals surface area contributed by atoms with E-state index in [1.165, 1.54) is 17.0 Å². The number of sulfonamides is 1. The molecule has 0 radical (unpaired) electrons. The maximum Gasteiger partial charge on any atom is 0.264 e. The zero-order valence-electron chi connectivity index (χ0n) is 26.9. The number of nitrogens with one attached hydrogen (secondary N) is 1. The molecular weight excluding hydrogens is 737 g/mol. The fraction of sp³-hybridized carbons (Fsp3) is 0.278. The molecule has 4 aromatic rings.